The molecule has 0 aliphatic carbocycles. The lowest BCUT2D eigenvalue weighted by molar-refractivity contribution is -0.117. The van der Waals surface area contributed by atoms with Gasteiger partial charge < -0.3 is 10.1 Å². The molecule has 8 nitrogen and oxygen atoms in total. The third kappa shape index (κ3) is 4.60. The van der Waals surface area contributed by atoms with E-state index in [9.17, 15) is 14.4 Å². The van der Waals surface area contributed by atoms with Gasteiger partial charge in [0.05, 0.1) is 13.7 Å². The summed E-state index contributed by atoms with van der Waals surface area (Å²) in [6, 6.07) is 8.48. The standard InChI is InChI=1S/C18H24N4O4/c1-5-22(11-14-10-17(24)21(3)18(25)20(14)2)12-16(23)19-13-6-8-15(26-4)9-7-13/h6-10H,5,11-12H2,1-4H3,(H,19,23). The molecule has 8 heteroatoms. The Morgan fingerprint density at radius 2 is 1.81 bits per heavy atom. The van der Waals surface area contributed by atoms with Crippen LogP contribution >= 0.6 is 0 Å². The molecule has 2 aromatic rings. The van der Waals surface area contributed by atoms with Crippen LogP contribution in [0.2, 0.25) is 0 Å². The first-order chi connectivity index (χ1) is 12.3. The number of likely N-dealkylation sites (N-methyl/N-ethyl adjacent to an activating group) is 1. The lowest BCUT2D eigenvalue weighted by atomic mass is 10.3. The van der Waals surface area contributed by atoms with E-state index in [4.69, 9.17) is 4.74 Å². The number of hydrogen-bond donors (Lipinski definition) is 1. The molecule has 140 valence electrons. The molecular weight excluding hydrogens is 336 g/mol. The average molecular weight is 360 g/mol. The van der Waals surface area contributed by atoms with Gasteiger partial charge in [-0.15, -0.1) is 0 Å². The van der Waals surface area contributed by atoms with E-state index in [-0.39, 0.29) is 23.7 Å². The second-order valence-electron chi connectivity index (χ2n) is 5.95. The van der Waals surface area contributed by atoms with Gasteiger partial charge in [-0.3, -0.25) is 23.6 Å². The Balaban J connectivity index is 2.06. The fourth-order valence-corrected chi connectivity index (χ4v) is 2.52. The zero-order chi connectivity index (χ0) is 19.3. The van der Waals surface area contributed by atoms with Crippen molar-refractivity contribution in [1.82, 2.24) is 14.0 Å². The van der Waals surface area contributed by atoms with Crippen LogP contribution in [0.5, 0.6) is 5.75 Å². The molecular formula is C18H24N4O4. The highest BCUT2D eigenvalue weighted by Crippen LogP contribution is 2.15. The largest absolute Gasteiger partial charge is 0.497 e. The summed E-state index contributed by atoms with van der Waals surface area (Å²) in [7, 11) is 4.63. The first kappa shape index (κ1) is 19.5. The summed E-state index contributed by atoms with van der Waals surface area (Å²) in [4.78, 5) is 38.0. The summed E-state index contributed by atoms with van der Waals surface area (Å²) < 4.78 is 7.56. The molecule has 1 N–H and O–H groups in total. The Morgan fingerprint density at radius 1 is 1.15 bits per heavy atom. The molecule has 0 fully saturated rings. The van der Waals surface area contributed by atoms with E-state index in [0.29, 0.717) is 30.2 Å². The van der Waals surface area contributed by atoms with Crippen LogP contribution in [0.1, 0.15) is 12.6 Å². The van der Waals surface area contributed by atoms with Crippen molar-refractivity contribution in [3.63, 3.8) is 0 Å². The maximum absolute atomic E-state index is 12.3. The molecule has 0 bridgehead atoms. The molecule has 1 heterocycles. The minimum atomic E-state index is -0.383. The molecule has 0 radical (unpaired) electrons. The molecule has 0 aliphatic heterocycles. The predicted molar refractivity (Wildman–Crippen MR) is 99.5 cm³/mol. The van der Waals surface area contributed by atoms with E-state index >= 15 is 0 Å². The minimum absolute atomic E-state index is 0.145. The highest BCUT2D eigenvalue weighted by molar-refractivity contribution is 5.92. The third-order valence-corrected chi connectivity index (χ3v) is 4.20. The van der Waals surface area contributed by atoms with Gasteiger partial charge in [0.2, 0.25) is 5.91 Å². The number of carbonyl (C=O) groups excluding carboxylic acids is 1. The summed E-state index contributed by atoms with van der Waals surface area (Å²) >= 11 is 0. The van der Waals surface area contributed by atoms with Crippen molar-refractivity contribution in [3.8, 4) is 5.75 Å². The number of anilines is 1. The van der Waals surface area contributed by atoms with Gasteiger partial charge in [-0.05, 0) is 30.8 Å². The smallest absolute Gasteiger partial charge is 0.330 e. The van der Waals surface area contributed by atoms with Crippen molar-refractivity contribution in [2.24, 2.45) is 14.1 Å². The van der Waals surface area contributed by atoms with Crippen LogP contribution in [0.25, 0.3) is 0 Å². The fourth-order valence-electron chi connectivity index (χ4n) is 2.52. The summed E-state index contributed by atoms with van der Waals surface area (Å²) in [5.74, 6) is 0.538. The van der Waals surface area contributed by atoms with Gasteiger partial charge in [0.25, 0.3) is 5.56 Å². The van der Waals surface area contributed by atoms with Crippen molar-refractivity contribution in [2.75, 3.05) is 25.5 Å². The highest BCUT2D eigenvalue weighted by atomic mass is 16.5. The maximum Gasteiger partial charge on any atom is 0.330 e. The van der Waals surface area contributed by atoms with E-state index in [0.717, 1.165) is 4.57 Å². The van der Waals surface area contributed by atoms with Crippen molar-refractivity contribution >= 4 is 11.6 Å². The Bertz CT molecular complexity index is 884. The number of aromatic nitrogens is 2. The van der Waals surface area contributed by atoms with E-state index < -0.39 is 0 Å². The number of benzene rings is 1. The number of ether oxygens (including phenoxy) is 1. The summed E-state index contributed by atoms with van der Waals surface area (Å²) in [5, 5.41) is 2.82. The molecule has 1 aromatic carbocycles. The Morgan fingerprint density at radius 3 is 2.38 bits per heavy atom. The van der Waals surface area contributed by atoms with Gasteiger partial charge >= 0.3 is 5.69 Å². The monoisotopic (exact) mass is 360 g/mol. The van der Waals surface area contributed by atoms with E-state index in [2.05, 4.69) is 5.32 Å². The zero-order valence-corrected chi connectivity index (χ0v) is 15.5. The molecule has 0 saturated heterocycles. The molecule has 2 rings (SSSR count). The fraction of sp³-hybridized carbons (Fsp3) is 0.389. The lowest BCUT2D eigenvalue weighted by Crippen LogP contribution is -2.40. The maximum atomic E-state index is 12.3. The Labute approximate surface area is 151 Å². The SMILES string of the molecule is CCN(CC(=O)Nc1ccc(OC)cc1)Cc1cc(=O)n(C)c(=O)n1C. The van der Waals surface area contributed by atoms with Crippen LogP contribution in [-0.2, 0) is 25.4 Å². The lowest BCUT2D eigenvalue weighted by Gasteiger charge is -2.21. The molecule has 0 aliphatic rings. The normalized spacial score (nSPS) is 10.8. The first-order valence-electron chi connectivity index (χ1n) is 8.28. The van der Waals surface area contributed by atoms with Crippen LogP contribution in [0.3, 0.4) is 0 Å². The van der Waals surface area contributed by atoms with Crippen molar-refractivity contribution in [2.45, 2.75) is 13.5 Å². The minimum Gasteiger partial charge on any atom is -0.497 e. The van der Waals surface area contributed by atoms with E-state index in [1.54, 1.807) is 38.4 Å². The van der Waals surface area contributed by atoms with Crippen molar-refractivity contribution in [1.29, 1.82) is 0 Å². The zero-order valence-electron chi connectivity index (χ0n) is 15.5. The molecule has 1 amide bonds. The van der Waals surface area contributed by atoms with Crippen LogP contribution in [0.4, 0.5) is 5.69 Å². The summed E-state index contributed by atoms with van der Waals surface area (Å²) in [6.45, 7) is 2.99. The number of nitrogens with zero attached hydrogens (tertiary/aromatic N) is 3. The van der Waals surface area contributed by atoms with Gasteiger partial charge in [-0.1, -0.05) is 6.92 Å². The first-order valence-corrected chi connectivity index (χ1v) is 8.28. The van der Waals surface area contributed by atoms with Gasteiger partial charge in [-0.2, -0.15) is 0 Å². The van der Waals surface area contributed by atoms with E-state index in [1.165, 1.54) is 17.7 Å². The number of amides is 1. The number of carbonyl (C=O) groups is 1. The second-order valence-corrected chi connectivity index (χ2v) is 5.95. The van der Waals surface area contributed by atoms with Crippen molar-refractivity contribution < 1.29 is 9.53 Å². The quantitative estimate of drug-likeness (QED) is 0.780. The molecule has 26 heavy (non-hydrogen) atoms. The number of hydrogen-bond acceptors (Lipinski definition) is 5. The third-order valence-electron chi connectivity index (χ3n) is 4.20. The molecule has 1 aromatic heterocycles. The molecule has 0 spiro atoms. The second kappa shape index (κ2) is 8.48. The van der Waals surface area contributed by atoms with E-state index in [1.807, 2.05) is 11.8 Å². The molecule has 0 atom stereocenters. The highest BCUT2D eigenvalue weighted by Gasteiger charge is 2.13. The van der Waals surface area contributed by atoms with Gasteiger partial charge in [0.1, 0.15) is 5.75 Å². The predicted octanol–water partition coefficient (Wildman–Crippen LogP) is 0.553. The van der Waals surface area contributed by atoms with Gasteiger partial charge in [0.15, 0.2) is 0 Å². The average Bonchev–Trinajstić information content (AvgIpc) is 2.64. The van der Waals surface area contributed by atoms with Gasteiger partial charge in [-0.25, -0.2) is 4.79 Å². The van der Waals surface area contributed by atoms with Crippen LogP contribution < -0.4 is 21.3 Å². The van der Waals surface area contributed by atoms with Crippen molar-refractivity contribution in [3.05, 3.63) is 56.9 Å². The molecule has 0 saturated carbocycles. The Kier molecular flexibility index (Phi) is 6.35. The van der Waals surface area contributed by atoms with Crippen LogP contribution in [-0.4, -0.2) is 40.1 Å². The number of nitrogens with one attached hydrogen (secondary N) is 1. The van der Waals surface area contributed by atoms with Gasteiger partial charge in [0, 0.05) is 38.1 Å². The Hall–Kier alpha value is -2.87. The summed E-state index contributed by atoms with van der Waals surface area (Å²) in [5.41, 5.74) is 0.498. The van der Waals surface area contributed by atoms with Crippen LogP contribution in [0, 0.1) is 0 Å². The topological polar surface area (TPSA) is 85.6 Å². The number of rotatable bonds is 7. The van der Waals surface area contributed by atoms with Crippen LogP contribution in [0.15, 0.2) is 39.9 Å². The number of methoxy groups -OCH3 is 1. The molecule has 0 unspecified atom stereocenters. The summed E-state index contributed by atoms with van der Waals surface area (Å²) in [6.07, 6.45) is 0.